The van der Waals surface area contributed by atoms with E-state index in [1.807, 2.05) is 20.8 Å². The number of rotatable bonds is 15. The molecule has 0 radical (unpaired) electrons. The minimum Gasteiger partial charge on any atom is -0.392 e. The Kier molecular flexibility index (Phi) is 11.8. The van der Waals surface area contributed by atoms with Crippen molar-refractivity contribution in [2.75, 3.05) is 19.8 Å². The van der Waals surface area contributed by atoms with Crippen LogP contribution in [0.5, 0.6) is 0 Å². The summed E-state index contributed by atoms with van der Waals surface area (Å²) in [6.45, 7) is 22.3. The SMILES string of the molecule is CCCCCC(C(OCC)O[Si](C)(C)C)([Si](C)(C)C)P(=O)(OCC)OCC. The lowest BCUT2D eigenvalue weighted by Crippen LogP contribution is -2.63. The summed E-state index contributed by atoms with van der Waals surface area (Å²) >= 11 is 0. The van der Waals surface area contributed by atoms with Crippen molar-refractivity contribution in [3.63, 3.8) is 0 Å². The van der Waals surface area contributed by atoms with Crippen LogP contribution in [0.3, 0.4) is 0 Å². The minimum atomic E-state index is -3.46. The van der Waals surface area contributed by atoms with Crippen LogP contribution in [0.1, 0.15) is 53.4 Å². The minimum absolute atomic E-state index is 0.350. The maximum Gasteiger partial charge on any atom is 0.339 e. The molecular weight excluding hydrogens is 395 g/mol. The van der Waals surface area contributed by atoms with Gasteiger partial charge in [0, 0.05) is 6.61 Å². The first-order chi connectivity index (χ1) is 12.3. The molecule has 0 saturated heterocycles. The first-order valence-electron chi connectivity index (χ1n) is 10.5. The van der Waals surface area contributed by atoms with Crippen molar-refractivity contribution >= 4 is 24.0 Å². The third-order valence-corrected chi connectivity index (χ3v) is 14.2. The molecule has 2 atom stereocenters. The van der Waals surface area contributed by atoms with Gasteiger partial charge in [-0.1, -0.05) is 45.8 Å². The Morgan fingerprint density at radius 3 is 1.70 bits per heavy atom. The van der Waals surface area contributed by atoms with Gasteiger partial charge >= 0.3 is 7.60 Å². The van der Waals surface area contributed by atoms with E-state index in [1.165, 1.54) is 0 Å². The molecule has 164 valence electrons. The van der Waals surface area contributed by atoms with E-state index < -0.39 is 35.1 Å². The zero-order chi connectivity index (χ0) is 21.4. The van der Waals surface area contributed by atoms with Gasteiger partial charge in [0.25, 0.3) is 0 Å². The number of unbranched alkanes of at least 4 members (excludes halogenated alkanes) is 2. The normalized spacial score (nSPS) is 17.0. The van der Waals surface area contributed by atoms with Crippen molar-refractivity contribution in [3.8, 4) is 0 Å². The molecule has 0 aliphatic rings. The zero-order valence-electron chi connectivity index (χ0n) is 19.5. The van der Waals surface area contributed by atoms with Crippen LogP contribution >= 0.6 is 7.60 Å². The molecular formula is C19H45O5PSi2. The maximum absolute atomic E-state index is 14.3. The van der Waals surface area contributed by atoms with Gasteiger partial charge in [0.05, 0.1) is 21.3 Å². The molecule has 2 unspecified atom stereocenters. The molecule has 0 aromatic rings. The lowest BCUT2D eigenvalue weighted by molar-refractivity contribution is -0.0996. The largest absolute Gasteiger partial charge is 0.392 e. The summed E-state index contributed by atoms with van der Waals surface area (Å²) in [5, 5.41) is 0. The fourth-order valence-corrected chi connectivity index (χ4v) is 12.1. The molecule has 0 rings (SSSR count). The van der Waals surface area contributed by atoms with Gasteiger partial charge in [0.2, 0.25) is 0 Å². The van der Waals surface area contributed by atoms with Crippen LogP contribution in [0, 0.1) is 0 Å². The van der Waals surface area contributed by atoms with E-state index in [-0.39, 0.29) is 0 Å². The topological polar surface area (TPSA) is 54.0 Å². The molecule has 0 amide bonds. The van der Waals surface area contributed by atoms with Crippen LogP contribution in [-0.2, 0) is 22.8 Å². The second-order valence-electron chi connectivity index (χ2n) is 8.98. The summed E-state index contributed by atoms with van der Waals surface area (Å²) in [7, 11) is -7.55. The van der Waals surface area contributed by atoms with Gasteiger partial charge in [0.1, 0.15) is 4.78 Å². The highest BCUT2D eigenvalue weighted by atomic mass is 31.2. The molecule has 0 bridgehead atoms. The van der Waals surface area contributed by atoms with Crippen molar-refractivity contribution in [1.82, 2.24) is 0 Å². The Morgan fingerprint density at radius 2 is 1.37 bits per heavy atom. The van der Waals surface area contributed by atoms with Crippen LogP contribution < -0.4 is 0 Å². The van der Waals surface area contributed by atoms with E-state index in [0.29, 0.717) is 19.8 Å². The number of hydrogen-bond donors (Lipinski definition) is 0. The van der Waals surface area contributed by atoms with E-state index in [4.69, 9.17) is 18.2 Å². The Hall–Kier alpha value is 0.504. The number of ether oxygens (including phenoxy) is 1. The Bertz CT molecular complexity index is 452. The first kappa shape index (κ1) is 27.5. The van der Waals surface area contributed by atoms with Gasteiger partial charge in [-0.05, 0) is 46.8 Å². The summed E-state index contributed by atoms with van der Waals surface area (Å²) in [5.41, 5.74) is 0. The molecule has 0 fully saturated rings. The van der Waals surface area contributed by atoms with E-state index in [9.17, 15) is 4.57 Å². The van der Waals surface area contributed by atoms with Gasteiger partial charge in [-0.3, -0.25) is 4.57 Å². The predicted molar refractivity (Wildman–Crippen MR) is 121 cm³/mol. The lowest BCUT2D eigenvalue weighted by Gasteiger charge is -2.51. The summed E-state index contributed by atoms with van der Waals surface area (Å²) in [5.74, 6) is 0. The monoisotopic (exact) mass is 440 g/mol. The molecule has 0 N–H and O–H groups in total. The predicted octanol–water partition coefficient (Wildman–Crippen LogP) is 6.66. The van der Waals surface area contributed by atoms with Gasteiger partial charge in [-0.25, -0.2) is 0 Å². The summed E-state index contributed by atoms with van der Waals surface area (Å²) in [6.07, 6.45) is 3.31. The van der Waals surface area contributed by atoms with Crippen LogP contribution in [-0.4, -0.2) is 47.3 Å². The van der Waals surface area contributed by atoms with E-state index in [2.05, 4.69) is 46.2 Å². The van der Waals surface area contributed by atoms with Crippen LogP contribution in [0.15, 0.2) is 0 Å². The van der Waals surface area contributed by atoms with Gasteiger partial charge in [-0.15, -0.1) is 0 Å². The van der Waals surface area contributed by atoms with Gasteiger partial charge < -0.3 is 18.2 Å². The third-order valence-electron chi connectivity index (χ3n) is 4.72. The van der Waals surface area contributed by atoms with Crippen molar-refractivity contribution < 1.29 is 22.8 Å². The summed E-state index contributed by atoms with van der Waals surface area (Å²) in [4.78, 5) is 0. The van der Waals surface area contributed by atoms with Gasteiger partial charge in [-0.2, -0.15) is 0 Å². The van der Waals surface area contributed by atoms with E-state index >= 15 is 0 Å². The molecule has 0 aromatic heterocycles. The first-order valence-corrected chi connectivity index (χ1v) is 19.0. The molecule has 0 spiro atoms. The highest BCUT2D eigenvalue weighted by Gasteiger charge is 2.64. The van der Waals surface area contributed by atoms with Gasteiger partial charge in [0.15, 0.2) is 14.6 Å². The zero-order valence-corrected chi connectivity index (χ0v) is 22.4. The molecule has 0 aliphatic heterocycles. The molecule has 0 saturated carbocycles. The molecule has 0 heterocycles. The summed E-state index contributed by atoms with van der Waals surface area (Å²) < 4.78 is 38.3. The molecule has 0 aliphatic carbocycles. The van der Waals surface area contributed by atoms with E-state index in [1.54, 1.807) is 0 Å². The Morgan fingerprint density at radius 1 is 0.852 bits per heavy atom. The van der Waals surface area contributed by atoms with Crippen molar-refractivity contribution in [2.45, 2.75) is 104 Å². The smallest absolute Gasteiger partial charge is 0.339 e. The molecule has 5 nitrogen and oxygen atoms in total. The highest BCUT2D eigenvalue weighted by molar-refractivity contribution is 7.59. The maximum atomic E-state index is 14.3. The fourth-order valence-electron chi connectivity index (χ4n) is 3.52. The van der Waals surface area contributed by atoms with Crippen molar-refractivity contribution in [1.29, 1.82) is 0 Å². The second-order valence-corrected chi connectivity index (χ2v) is 21.6. The lowest BCUT2D eigenvalue weighted by atomic mass is 10.1. The average Bonchev–Trinajstić information content (AvgIpc) is 2.49. The quantitative estimate of drug-likeness (QED) is 0.123. The fraction of sp³-hybridized carbons (Fsp3) is 1.00. The van der Waals surface area contributed by atoms with Crippen molar-refractivity contribution in [2.24, 2.45) is 0 Å². The standard InChI is InChI=1S/C19H45O5PSi2/c1-11-15-16-17-19(26(5,6)7,25(20,22-13-3)23-14-4)18(21-12-2)24-27(8,9)10/h18H,11-17H2,1-10H3. The Labute approximate surface area is 170 Å². The molecule has 8 heteroatoms. The third kappa shape index (κ3) is 7.36. The van der Waals surface area contributed by atoms with Crippen LogP contribution in [0.25, 0.3) is 0 Å². The number of hydrogen-bond acceptors (Lipinski definition) is 5. The van der Waals surface area contributed by atoms with Crippen LogP contribution in [0.4, 0.5) is 0 Å². The molecule has 27 heavy (non-hydrogen) atoms. The summed E-state index contributed by atoms with van der Waals surface area (Å²) in [6, 6.07) is 0. The molecule has 0 aromatic carbocycles. The van der Waals surface area contributed by atoms with E-state index in [0.717, 1.165) is 25.7 Å². The van der Waals surface area contributed by atoms with Crippen LogP contribution in [0.2, 0.25) is 39.3 Å². The Balaban J connectivity index is 6.60. The van der Waals surface area contributed by atoms with Crippen molar-refractivity contribution in [3.05, 3.63) is 0 Å². The second kappa shape index (κ2) is 11.6. The highest BCUT2D eigenvalue weighted by Crippen LogP contribution is 2.67. The average molecular weight is 441 g/mol.